The number of anilines is 1. The van der Waals surface area contributed by atoms with Gasteiger partial charge in [-0.2, -0.15) is 0 Å². The second-order valence-corrected chi connectivity index (χ2v) is 6.20. The van der Waals surface area contributed by atoms with Crippen LogP contribution in [0.1, 0.15) is 29.2 Å². The molecule has 21 heavy (non-hydrogen) atoms. The highest BCUT2D eigenvalue weighted by Crippen LogP contribution is 2.31. The van der Waals surface area contributed by atoms with E-state index < -0.39 is 6.10 Å². The summed E-state index contributed by atoms with van der Waals surface area (Å²) in [5.41, 5.74) is 3.24. The molecule has 3 nitrogen and oxygen atoms in total. The third-order valence-corrected chi connectivity index (χ3v) is 4.53. The van der Waals surface area contributed by atoms with Crippen molar-refractivity contribution in [2.24, 2.45) is 0 Å². The van der Waals surface area contributed by atoms with Gasteiger partial charge in [0, 0.05) is 15.7 Å². The van der Waals surface area contributed by atoms with Crippen LogP contribution in [0.25, 0.3) is 0 Å². The van der Waals surface area contributed by atoms with Gasteiger partial charge >= 0.3 is 0 Å². The first-order valence-electron chi connectivity index (χ1n) is 6.60. The summed E-state index contributed by atoms with van der Waals surface area (Å²) < 4.78 is 13.8. The molecule has 0 bridgehead atoms. The summed E-state index contributed by atoms with van der Waals surface area (Å²) in [7, 11) is 0. The fraction of sp³-hybridized carbons (Fsp3) is 0.188. The van der Waals surface area contributed by atoms with Gasteiger partial charge in [0.25, 0.3) is 0 Å². The number of halogens is 2. The Morgan fingerprint density at radius 3 is 2.76 bits per heavy atom. The van der Waals surface area contributed by atoms with Gasteiger partial charge in [0.05, 0.1) is 0 Å². The zero-order valence-electron chi connectivity index (χ0n) is 11.1. The standard InChI is InChI=1S/C16H13FINO2/c17-11-3-4-12(13(18)8-11)16(21)10-1-5-14-9(7-10)2-6-15(20)19-14/h1,3-5,7-8,16,21H,2,6H2,(H,19,20). The Hall–Kier alpha value is -1.47. The predicted octanol–water partition coefficient (Wildman–Crippen LogP) is 3.40. The van der Waals surface area contributed by atoms with E-state index in [-0.39, 0.29) is 11.7 Å². The number of hydrogen-bond donors (Lipinski definition) is 2. The van der Waals surface area contributed by atoms with Crippen LogP contribution in [0.3, 0.4) is 0 Å². The topological polar surface area (TPSA) is 49.3 Å². The van der Waals surface area contributed by atoms with Gasteiger partial charge in [-0.3, -0.25) is 4.79 Å². The van der Waals surface area contributed by atoms with Crippen molar-refractivity contribution >= 4 is 34.2 Å². The SMILES string of the molecule is O=C1CCc2cc(C(O)c3ccc(F)cc3I)ccc2N1. The number of benzene rings is 2. The number of carbonyl (C=O) groups is 1. The Bertz CT molecular complexity index is 717. The molecule has 1 heterocycles. The molecular formula is C16H13FINO2. The first kappa shape index (κ1) is 14.5. The largest absolute Gasteiger partial charge is 0.384 e. The highest BCUT2D eigenvalue weighted by atomic mass is 127. The van der Waals surface area contributed by atoms with Crippen LogP contribution < -0.4 is 5.32 Å². The molecule has 0 radical (unpaired) electrons. The van der Waals surface area contributed by atoms with Crippen LogP contribution in [0.5, 0.6) is 0 Å². The van der Waals surface area contributed by atoms with E-state index in [0.29, 0.717) is 22.0 Å². The van der Waals surface area contributed by atoms with Crippen molar-refractivity contribution in [3.8, 4) is 0 Å². The molecule has 0 saturated carbocycles. The summed E-state index contributed by atoms with van der Waals surface area (Å²) in [6, 6.07) is 9.84. The molecule has 2 aromatic carbocycles. The smallest absolute Gasteiger partial charge is 0.224 e. The third kappa shape index (κ3) is 2.94. The minimum Gasteiger partial charge on any atom is -0.384 e. The molecular weight excluding hydrogens is 384 g/mol. The van der Waals surface area contributed by atoms with Crippen LogP contribution in [0, 0.1) is 9.39 Å². The summed E-state index contributed by atoms with van der Waals surface area (Å²) in [5.74, 6) is -0.299. The fourth-order valence-electron chi connectivity index (χ4n) is 2.48. The normalized spacial score (nSPS) is 15.3. The molecule has 108 valence electrons. The molecule has 1 atom stereocenters. The molecule has 1 unspecified atom stereocenters. The molecule has 2 aromatic rings. The molecule has 3 rings (SSSR count). The number of hydrogen-bond acceptors (Lipinski definition) is 2. The molecule has 1 amide bonds. The highest BCUT2D eigenvalue weighted by molar-refractivity contribution is 14.1. The second-order valence-electron chi connectivity index (χ2n) is 5.03. The maximum atomic E-state index is 13.1. The van der Waals surface area contributed by atoms with Crippen LogP contribution >= 0.6 is 22.6 Å². The van der Waals surface area contributed by atoms with Gasteiger partial charge in [0.1, 0.15) is 11.9 Å². The first-order chi connectivity index (χ1) is 10.0. The number of fused-ring (bicyclic) bond motifs is 1. The maximum absolute atomic E-state index is 13.1. The Kier molecular flexibility index (Phi) is 3.95. The molecule has 2 N–H and O–H groups in total. The summed E-state index contributed by atoms with van der Waals surface area (Å²) in [6.45, 7) is 0. The quantitative estimate of drug-likeness (QED) is 0.764. The maximum Gasteiger partial charge on any atom is 0.224 e. The van der Waals surface area contributed by atoms with E-state index in [0.717, 1.165) is 16.8 Å². The van der Waals surface area contributed by atoms with Gasteiger partial charge in [-0.15, -0.1) is 0 Å². The predicted molar refractivity (Wildman–Crippen MR) is 86.6 cm³/mol. The molecule has 0 aliphatic carbocycles. The lowest BCUT2D eigenvalue weighted by atomic mass is 9.95. The van der Waals surface area contributed by atoms with Crippen molar-refractivity contribution in [3.63, 3.8) is 0 Å². The van der Waals surface area contributed by atoms with E-state index >= 15 is 0 Å². The lowest BCUT2D eigenvalue weighted by molar-refractivity contribution is -0.116. The minimum absolute atomic E-state index is 0.0175. The summed E-state index contributed by atoms with van der Waals surface area (Å²) >= 11 is 2.02. The van der Waals surface area contributed by atoms with E-state index in [2.05, 4.69) is 5.32 Å². The molecule has 1 aliphatic rings. The second kappa shape index (κ2) is 5.73. The van der Waals surface area contributed by atoms with Crippen molar-refractivity contribution in [2.45, 2.75) is 18.9 Å². The van der Waals surface area contributed by atoms with Crippen molar-refractivity contribution in [2.75, 3.05) is 5.32 Å². The molecule has 0 fully saturated rings. The first-order valence-corrected chi connectivity index (χ1v) is 7.68. The molecule has 0 aromatic heterocycles. The van der Waals surface area contributed by atoms with E-state index in [9.17, 15) is 14.3 Å². The fourth-order valence-corrected chi connectivity index (χ4v) is 3.25. The van der Waals surface area contributed by atoms with Crippen LogP contribution in [0.2, 0.25) is 0 Å². The van der Waals surface area contributed by atoms with Crippen molar-refractivity contribution < 1.29 is 14.3 Å². The lowest BCUT2D eigenvalue weighted by Gasteiger charge is -2.20. The zero-order valence-corrected chi connectivity index (χ0v) is 13.2. The van der Waals surface area contributed by atoms with Crippen LogP contribution in [-0.4, -0.2) is 11.0 Å². The number of aliphatic hydroxyl groups excluding tert-OH is 1. The van der Waals surface area contributed by atoms with Crippen molar-refractivity contribution in [1.29, 1.82) is 0 Å². The Morgan fingerprint density at radius 1 is 1.19 bits per heavy atom. The van der Waals surface area contributed by atoms with Crippen LogP contribution in [0.4, 0.5) is 10.1 Å². The van der Waals surface area contributed by atoms with Gasteiger partial charge in [0.15, 0.2) is 0 Å². The lowest BCUT2D eigenvalue weighted by Crippen LogP contribution is -2.19. The summed E-state index contributed by atoms with van der Waals surface area (Å²) in [5, 5.41) is 13.3. The zero-order chi connectivity index (χ0) is 15.0. The van der Waals surface area contributed by atoms with Gasteiger partial charge in [0.2, 0.25) is 5.91 Å². The Morgan fingerprint density at radius 2 is 2.00 bits per heavy atom. The Balaban J connectivity index is 1.95. The van der Waals surface area contributed by atoms with E-state index in [1.54, 1.807) is 18.2 Å². The van der Waals surface area contributed by atoms with Crippen molar-refractivity contribution in [3.05, 3.63) is 62.5 Å². The molecule has 0 saturated heterocycles. The van der Waals surface area contributed by atoms with E-state index in [1.807, 2.05) is 28.7 Å². The number of aryl methyl sites for hydroxylation is 1. The molecule has 0 spiro atoms. The number of rotatable bonds is 2. The highest BCUT2D eigenvalue weighted by Gasteiger charge is 2.19. The van der Waals surface area contributed by atoms with Crippen LogP contribution in [0.15, 0.2) is 36.4 Å². The monoisotopic (exact) mass is 397 g/mol. The number of nitrogens with one attached hydrogen (secondary N) is 1. The average Bonchev–Trinajstić information content (AvgIpc) is 2.46. The van der Waals surface area contributed by atoms with Gasteiger partial charge in [-0.1, -0.05) is 18.2 Å². The third-order valence-electron chi connectivity index (χ3n) is 3.60. The van der Waals surface area contributed by atoms with Crippen molar-refractivity contribution in [1.82, 2.24) is 0 Å². The van der Waals surface area contributed by atoms with E-state index in [1.165, 1.54) is 12.1 Å². The Labute approximate surface area is 135 Å². The summed E-state index contributed by atoms with van der Waals surface area (Å²) in [6.07, 6.45) is 0.323. The number of amides is 1. The minimum atomic E-state index is -0.805. The van der Waals surface area contributed by atoms with Crippen LogP contribution in [-0.2, 0) is 11.2 Å². The van der Waals surface area contributed by atoms with Gasteiger partial charge < -0.3 is 10.4 Å². The van der Waals surface area contributed by atoms with E-state index in [4.69, 9.17) is 0 Å². The number of aliphatic hydroxyl groups is 1. The average molecular weight is 397 g/mol. The molecule has 5 heteroatoms. The van der Waals surface area contributed by atoms with Gasteiger partial charge in [-0.25, -0.2) is 4.39 Å². The van der Waals surface area contributed by atoms with Gasteiger partial charge in [-0.05, 0) is 63.9 Å². The number of carbonyl (C=O) groups excluding carboxylic acids is 1. The molecule has 1 aliphatic heterocycles. The summed E-state index contributed by atoms with van der Waals surface area (Å²) in [4.78, 5) is 11.3.